The summed E-state index contributed by atoms with van der Waals surface area (Å²) in [5, 5.41) is 2.44. The highest BCUT2D eigenvalue weighted by Gasteiger charge is 2.06. The lowest BCUT2D eigenvalue weighted by Crippen LogP contribution is -2.01. The molecule has 21 heavy (non-hydrogen) atoms. The van der Waals surface area contributed by atoms with Crippen LogP contribution in [0.2, 0.25) is 0 Å². The van der Waals surface area contributed by atoms with E-state index < -0.39 is 0 Å². The van der Waals surface area contributed by atoms with Crippen molar-refractivity contribution in [2.24, 2.45) is 0 Å². The van der Waals surface area contributed by atoms with Crippen LogP contribution in [0.15, 0.2) is 71.6 Å². The van der Waals surface area contributed by atoms with Crippen LogP contribution >= 0.6 is 11.8 Å². The molecule has 3 aromatic carbocycles. The molecule has 0 aliphatic rings. The fourth-order valence-electron chi connectivity index (χ4n) is 2.23. The van der Waals surface area contributed by atoms with Gasteiger partial charge in [-0.25, -0.2) is 0 Å². The highest BCUT2D eigenvalue weighted by molar-refractivity contribution is 8.00. The van der Waals surface area contributed by atoms with E-state index >= 15 is 0 Å². The smallest absolute Gasteiger partial charge is 0.173 e. The van der Waals surface area contributed by atoms with Crippen molar-refractivity contribution in [2.75, 3.05) is 5.75 Å². The summed E-state index contributed by atoms with van der Waals surface area (Å²) in [7, 11) is 0. The average Bonchev–Trinajstić information content (AvgIpc) is 2.53. The van der Waals surface area contributed by atoms with Crippen LogP contribution in [-0.4, -0.2) is 11.5 Å². The SMILES string of the molecule is Cc1ccc(C(=O)CSc2ccc3ccccc3c2)cc1. The summed E-state index contributed by atoms with van der Waals surface area (Å²) in [4.78, 5) is 13.3. The molecule has 104 valence electrons. The topological polar surface area (TPSA) is 17.1 Å². The summed E-state index contributed by atoms with van der Waals surface area (Å²) in [6.07, 6.45) is 0. The predicted octanol–water partition coefficient (Wildman–Crippen LogP) is 5.12. The lowest BCUT2D eigenvalue weighted by molar-refractivity contribution is 0.102. The zero-order valence-corrected chi connectivity index (χ0v) is 12.7. The normalized spacial score (nSPS) is 10.7. The van der Waals surface area contributed by atoms with Crippen LogP contribution in [-0.2, 0) is 0 Å². The number of benzene rings is 3. The minimum absolute atomic E-state index is 0.174. The first kappa shape index (κ1) is 13.9. The van der Waals surface area contributed by atoms with E-state index in [1.807, 2.05) is 43.3 Å². The summed E-state index contributed by atoms with van der Waals surface area (Å²) >= 11 is 1.59. The van der Waals surface area contributed by atoms with Gasteiger partial charge in [-0.1, -0.05) is 60.2 Å². The van der Waals surface area contributed by atoms with Crippen molar-refractivity contribution in [3.8, 4) is 0 Å². The van der Waals surface area contributed by atoms with E-state index in [1.54, 1.807) is 11.8 Å². The number of carbonyl (C=O) groups excluding carboxylic acids is 1. The number of hydrogen-bond acceptors (Lipinski definition) is 2. The number of rotatable bonds is 4. The molecule has 0 radical (unpaired) electrons. The van der Waals surface area contributed by atoms with E-state index in [0.29, 0.717) is 5.75 Å². The van der Waals surface area contributed by atoms with Crippen LogP contribution in [0.25, 0.3) is 10.8 Å². The molecule has 3 rings (SSSR count). The van der Waals surface area contributed by atoms with Crippen LogP contribution in [0, 0.1) is 6.92 Å². The zero-order chi connectivity index (χ0) is 14.7. The average molecular weight is 292 g/mol. The number of thioether (sulfide) groups is 1. The van der Waals surface area contributed by atoms with Gasteiger partial charge < -0.3 is 0 Å². The first-order valence-corrected chi connectivity index (χ1v) is 7.92. The predicted molar refractivity (Wildman–Crippen MR) is 90.2 cm³/mol. The van der Waals surface area contributed by atoms with E-state index in [-0.39, 0.29) is 5.78 Å². The van der Waals surface area contributed by atoms with Crippen molar-refractivity contribution in [1.82, 2.24) is 0 Å². The van der Waals surface area contributed by atoms with Gasteiger partial charge in [-0.2, -0.15) is 0 Å². The Bertz CT molecular complexity index is 775. The van der Waals surface area contributed by atoms with Crippen molar-refractivity contribution < 1.29 is 4.79 Å². The third kappa shape index (κ3) is 3.34. The molecule has 0 unspecified atom stereocenters. The Kier molecular flexibility index (Phi) is 4.07. The van der Waals surface area contributed by atoms with Gasteiger partial charge in [0.15, 0.2) is 5.78 Å². The molecular weight excluding hydrogens is 276 g/mol. The lowest BCUT2D eigenvalue weighted by Gasteiger charge is -2.04. The first-order valence-electron chi connectivity index (χ1n) is 6.94. The molecule has 0 saturated heterocycles. The van der Waals surface area contributed by atoms with Gasteiger partial charge in [0.1, 0.15) is 0 Å². The Morgan fingerprint density at radius 2 is 1.62 bits per heavy atom. The third-order valence-electron chi connectivity index (χ3n) is 3.46. The number of Topliss-reactive ketones (excluding diaryl/α,β-unsaturated/α-hetero) is 1. The highest BCUT2D eigenvalue weighted by atomic mass is 32.2. The van der Waals surface area contributed by atoms with Crippen LogP contribution in [0.1, 0.15) is 15.9 Å². The summed E-state index contributed by atoms with van der Waals surface area (Å²) in [5.41, 5.74) is 1.96. The lowest BCUT2D eigenvalue weighted by atomic mass is 10.1. The Balaban J connectivity index is 1.71. The molecule has 0 aromatic heterocycles. The monoisotopic (exact) mass is 292 g/mol. The van der Waals surface area contributed by atoms with Crippen LogP contribution in [0.5, 0.6) is 0 Å². The van der Waals surface area contributed by atoms with Gasteiger partial charge in [0.05, 0.1) is 5.75 Å². The zero-order valence-electron chi connectivity index (χ0n) is 11.9. The minimum atomic E-state index is 0.174. The number of fused-ring (bicyclic) bond motifs is 1. The van der Waals surface area contributed by atoms with Crippen molar-refractivity contribution in [2.45, 2.75) is 11.8 Å². The minimum Gasteiger partial charge on any atom is -0.293 e. The number of carbonyl (C=O) groups is 1. The van der Waals surface area contributed by atoms with E-state index in [1.165, 1.54) is 16.3 Å². The molecule has 0 heterocycles. The number of ketones is 1. The van der Waals surface area contributed by atoms with Crippen molar-refractivity contribution in [3.63, 3.8) is 0 Å². The molecule has 0 fully saturated rings. The van der Waals surface area contributed by atoms with Gasteiger partial charge in [0.2, 0.25) is 0 Å². The Morgan fingerprint density at radius 3 is 2.38 bits per heavy atom. The molecule has 3 aromatic rings. The molecule has 1 nitrogen and oxygen atoms in total. The summed E-state index contributed by atoms with van der Waals surface area (Å²) in [6.45, 7) is 2.03. The Hall–Kier alpha value is -2.06. The second kappa shape index (κ2) is 6.15. The van der Waals surface area contributed by atoms with Gasteiger partial charge in [-0.05, 0) is 29.8 Å². The molecule has 0 atom stereocenters. The molecule has 0 aliphatic carbocycles. The van der Waals surface area contributed by atoms with Gasteiger partial charge in [0, 0.05) is 10.5 Å². The highest BCUT2D eigenvalue weighted by Crippen LogP contribution is 2.24. The van der Waals surface area contributed by atoms with E-state index in [4.69, 9.17) is 0 Å². The van der Waals surface area contributed by atoms with E-state index in [0.717, 1.165) is 10.5 Å². The van der Waals surface area contributed by atoms with Gasteiger partial charge in [-0.15, -0.1) is 11.8 Å². The molecule has 0 saturated carbocycles. The second-order valence-corrected chi connectivity index (χ2v) is 6.14. The van der Waals surface area contributed by atoms with Gasteiger partial charge >= 0.3 is 0 Å². The fraction of sp³-hybridized carbons (Fsp3) is 0.105. The van der Waals surface area contributed by atoms with E-state index in [2.05, 4.69) is 30.3 Å². The first-order chi connectivity index (χ1) is 10.2. The molecular formula is C19H16OS. The van der Waals surface area contributed by atoms with Crippen molar-refractivity contribution >= 4 is 28.3 Å². The Morgan fingerprint density at radius 1 is 0.905 bits per heavy atom. The van der Waals surface area contributed by atoms with Crippen molar-refractivity contribution in [3.05, 3.63) is 77.9 Å². The summed E-state index contributed by atoms with van der Waals surface area (Å²) < 4.78 is 0. The molecule has 0 spiro atoms. The molecule has 0 bridgehead atoms. The molecule has 0 amide bonds. The Labute approximate surface area is 129 Å². The fourth-order valence-corrected chi connectivity index (χ4v) is 3.07. The van der Waals surface area contributed by atoms with Gasteiger partial charge in [-0.3, -0.25) is 4.79 Å². The second-order valence-electron chi connectivity index (χ2n) is 5.09. The maximum atomic E-state index is 12.2. The quantitative estimate of drug-likeness (QED) is 0.490. The molecule has 0 N–H and O–H groups in total. The van der Waals surface area contributed by atoms with Crippen molar-refractivity contribution in [1.29, 1.82) is 0 Å². The van der Waals surface area contributed by atoms with Gasteiger partial charge in [0.25, 0.3) is 0 Å². The maximum Gasteiger partial charge on any atom is 0.173 e. The maximum absolute atomic E-state index is 12.2. The van der Waals surface area contributed by atoms with Crippen LogP contribution in [0.3, 0.4) is 0 Å². The van der Waals surface area contributed by atoms with E-state index in [9.17, 15) is 4.79 Å². The summed E-state index contributed by atoms with van der Waals surface area (Å²) in [6, 6.07) is 22.4. The number of aryl methyl sites for hydroxylation is 1. The van der Waals surface area contributed by atoms with Crippen LogP contribution < -0.4 is 0 Å². The van der Waals surface area contributed by atoms with Crippen LogP contribution in [0.4, 0.5) is 0 Å². The number of hydrogen-bond donors (Lipinski definition) is 0. The molecule has 2 heteroatoms. The summed E-state index contributed by atoms with van der Waals surface area (Å²) in [5.74, 6) is 0.648. The third-order valence-corrected chi connectivity index (χ3v) is 4.46. The molecule has 0 aliphatic heterocycles. The standard InChI is InChI=1S/C19H16OS/c1-14-6-8-16(9-7-14)19(20)13-21-18-11-10-15-4-2-3-5-17(15)12-18/h2-12H,13H2,1H3. The largest absolute Gasteiger partial charge is 0.293 e.